The summed E-state index contributed by atoms with van der Waals surface area (Å²) in [5, 5.41) is 8.65. The first-order valence-corrected chi connectivity index (χ1v) is 7.35. The predicted octanol–water partition coefficient (Wildman–Crippen LogP) is 3.53. The molecule has 0 bridgehead atoms. The van der Waals surface area contributed by atoms with Crippen molar-refractivity contribution in [3.8, 4) is 16.8 Å². The lowest BCUT2D eigenvalue weighted by Gasteiger charge is -2.20. The third kappa shape index (κ3) is 1.93. The number of aryl methyl sites for hydroxylation is 2. The van der Waals surface area contributed by atoms with E-state index in [0.29, 0.717) is 10.6 Å². The molecule has 1 aliphatic rings. The number of pyridine rings is 1. The fourth-order valence-electron chi connectivity index (χ4n) is 2.93. The first-order valence-electron chi connectivity index (χ1n) is 6.97. The number of rotatable bonds is 1. The zero-order valence-corrected chi connectivity index (χ0v) is 12.6. The van der Waals surface area contributed by atoms with Crippen LogP contribution in [0.4, 0.5) is 4.39 Å². The van der Waals surface area contributed by atoms with Crippen LogP contribution in [0.3, 0.4) is 0 Å². The molecule has 22 heavy (non-hydrogen) atoms. The molecule has 3 heterocycles. The Hall–Kier alpha value is -2.27. The van der Waals surface area contributed by atoms with Crippen LogP contribution in [-0.4, -0.2) is 19.7 Å². The van der Waals surface area contributed by atoms with Crippen LogP contribution in [-0.2, 0) is 12.8 Å². The Labute approximate surface area is 131 Å². The molecule has 6 heteroatoms. The van der Waals surface area contributed by atoms with Crippen molar-refractivity contribution in [1.82, 2.24) is 19.7 Å². The second-order valence-corrected chi connectivity index (χ2v) is 5.78. The largest absolute Gasteiger partial charge is 0.284 e. The van der Waals surface area contributed by atoms with E-state index in [1.807, 2.05) is 16.7 Å². The van der Waals surface area contributed by atoms with Gasteiger partial charge in [0.1, 0.15) is 18.0 Å². The molecular weight excluding hydrogens is 303 g/mol. The van der Waals surface area contributed by atoms with E-state index in [1.54, 1.807) is 19.4 Å². The monoisotopic (exact) mass is 314 g/mol. The maximum absolute atomic E-state index is 13.7. The summed E-state index contributed by atoms with van der Waals surface area (Å²) in [4.78, 5) is 3.95. The molecule has 4 rings (SSSR count). The van der Waals surface area contributed by atoms with Gasteiger partial charge in [-0.1, -0.05) is 11.6 Å². The van der Waals surface area contributed by atoms with Crippen molar-refractivity contribution in [3.05, 3.63) is 58.6 Å². The Kier molecular flexibility index (Phi) is 2.97. The van der Waals surface area contributed by atoms with Crippen molar-refractivity contribution in [2.75, 3.05) is 0 Å². The van der Waals surface area contributed by atoms with Gasteiger partial charge in [-0.25, -0.2) is 4.39 Å². The Morgan fingerprint density at radius 1 is 1.23 bits per heavy atom. The van der Waals surface area contributed by atoms with Crippen LogP contribution in [0.1, 0.15) is 17.0 Å². The smallest absolute Gasteiger partial charge is 0.145 e. The molecule has 0 aliphatic carbocycles. The SMILES string of the molecule is Cc1c(F)cncc1-c1cc(Cl)c2c(c1)CCc1nncn1-2. The third-order valence-electron chi connectivity index (χ3n) is 4.08. The van der Waals surface area contributed by atoms with Gasteiger partial charge in [0.2, 0.25) is 0 Å². The van der Waals surface area contributed by atoms with E-state index in [-0.39, 0.29) is 5.82 Å². The van der Waals surface area contributed by atoms with E-state index in [9.17, 15) is 4.39 Å². The van der Waals surface area contributed by atoms with E-state index in [4.69, 9.17) is 11.6 Å². The highest BCUT2D eigenvalue weighted by atomic mass is 35.5. The third-order valence-corrected chi connectivity index (χ3v) is 4.37. The van der Waals surface area contributed by atoms with Gasteiger partial charge < -0.3 is 0 Å². The average molecular weight is 315 g/mol. The summed E-state index contributed by atoms with van der Waals surface area (Å²) in [5.41, 5.74) is 4.24. The zero-order valence-electron chi connectivity index (χ0n) is 11.8. The number of benzene rings is 1. The van der Waals surface area contributed by atoms with Gasteiger partial charge in [-0.2, -0.15) is 0 Å². The maximum Gasteiger partial charge on any atom is 0.145 e. The van der Waals surface area contributed by atoms with E-state index in [1.165, 1.54) is 6.20 Å². The van der Waals surface area contributed by atoms with Crippen LogP contribution in [0.15, 0.2) is 30.9 Å². The minimum absolute atomic E-state index is 0.313. The second-order valence-electron chi connectivity index (χ2n) is 5.38. The predicted molar refractivity (Wildman–Crippen MR) is 81.7 cm³/mol. The number of hydrogen-bond acceptors (Lipinski definition) is 3. The first-order chi connectivity index (χ1) is 10.6. The minimum Gasteiger partial charge on any atom is -0.284 e. The highest BCUT2D eigenvalue weighted by molar-refractivity contribution is 6.33. The molecule has 0 N–H and O–H groups in total. The zero-order chi connectivity index (χ0) is 15.3. The molecule has 0 saturated carbocycles. The van der Waals surface area contributed by atoms with E-state index in [0.717, 1.165) is 41.0 Å². The van der Waals surface area contributed by atoms with E-state index in [2.05, 4.69) is 15.2 Å². The molecule has 3 aromatic rings. The molecule has 2 aromatic heterocycles. The van der Waals surface area contributed by atoms with Gasteiger partial charge in [-0.3, -0.25) is 9.55 Å². The van der Waals surface area contributed by atoms with Gasteiger partial charge in [0, 0.05) is 18.2 Å². The van der Waals surface area contributed by atoms with Crippen molar-refractivity contribution >= 4 is 11.6 Å². The van der Waals surface area contributed by atoms with Gasteiger partial charge in [0.05, 0.1) is 16.9 Å². The topological polar surface area (TPSA) is 43.6 Å². The molecule has 0 spiro atoms. The molecule has 1 aliphatic heterocycles. The molecule has 0 atom stereocenters. The Balaban J connectivity index is 1.92. The quantitative estimate of drug-likeness (QED) is 0.690. The van der Waals surface area contributed by atoms with Crippen LogP contribution in [0.5, 0.6) is 0 Å². The highest BCUT2D eigenvalue weighted by Gasteiger charge is 2.21. The molecule has 0 saturated heterocycles. The Morgan fingerprint density at radius 3 is 2.95 bits per heavy atom. The number of halogens is 2. The molecular formula is C16H12ClFN4. The van der Waals surface area contributed by atoms with E-state index < -0.39 is 0 Å². The highest BCUT2D eigenvalue weighted by Crippen LogP contribution is 2.35. The van der Waals surface area contributed by atoms with Crippen molar-refractivity contribution in [3.63, 3.8) is 0 Å². The standard InChI is InChI=1S/C16H12ClFN4/c1-9-12(6-19-7-14(9)18)11-4-10-2-3-15-21-20-8-22(15)16(10)13(17)5-11/h4-8H,2-3H2,1H3. The van der Waals surface area contributed by atoms with Crippen LogP contribution in [0.25, 0.3) is 16.8 Å². The van der Waals surface area contributed by atoms with Gasteiger partial charge in [0.25, 0.3) is 0 Å². The maximum atomic E-state index is 13.7. The van der Waals surface area contributed by atoms with Crippen molar-refractivity contribution in [1.29, 1.82) is 0 Å². The summed E-state index contributed by atoms with van der Waals surface area (Å²) in [6, 6.07) is 3.90. The molecule has 0 radical (unpaired) electrons. The lowest BCUT2D eigenvalue weighted by atomic mass is 9.96. The lowest BCUT2D eigenvalue weighted by Crippen LogP contribution is -2.12. The number of hydrogen-bond donors (Lipinski definition) is 0. The fourth-order valence-corrected chi connectivity index (χ4v) is 3.26. The van der Waals surface area contributed by atoms with Crippen molar-refractivity contribution in [2.24, 2.45) is 0 Å². The van der Waals surface area contributed by atoms with Crippen LogP contribution in [0, 0.1) is 12.7 Å². The number of nitrogens with zero attached hydrogens (tertiary/aromatic N) is 4. The number of aromatic nitrogens is 4. The molecule has 1 aromatic carbocycles. The van der Waals surface area contributed by atoms with Gasteiger partial charge >= 0.3 is 0 Å². The summed E-state index contributed by atoms with van der Waals surface area (Å²) >= 11 is 6.48. The molecule has 0 amide bonds. The lowest BCUT2D eigenvalue weighted by molar-refractivity contribution is 0.613. The van der Waals surface area contributed by atoms with Gasteiger partial charge in [-0.05, 0) is 42.2 Å². The first kappa shape index (κ1) is 13.4. The van der Waals surface area contributed by atoms with Crippen LogP contribution < -0.4 is 0 Å². The number of fused-ring (bicyclic) bond motifs is 3. The Morgan fingerprint density at radius 2 is 2.09 bits per heavy atom. The van der Waals surface area contributed by atoms with Crippen LogP contribution >= 0.6 is 11.6 Å². The summed E-state index contributed by atoms with van der Waals surface area (Å²) in [6.07, 6.45) is 6.22. The van der Waals surface area contributed by atoms with Gasteiger partial charge in [-0.15, -0.1) is 10.2 Å². The van der Waals surface area contributed by atoms with Crippen molar-refractivity contribution in [2.45, 2.75) is 19.8 Å². The summed E-state index contributed by atoms with van der Waals surface area (Å²) in [5.74, 6) is 0.596. The summed E-state index contributed by atoms with van der Waals surface area (Å²) in [6.45, 7) is 1.75. The summed E-state index contributed by atoms with van der Waals surface area (Å²) in [7, 11) is 0. The van der Waals surface area contributed by atoms with E-state index >= 15 is 0 Å². The second kappa shape index (κ2) is 4.88. The molecule has 0 unspecified atom stereocenters. The van der Waals surface area contributed by atoms with Crippen molar-refractivity contribution < 1.29 is 4.39 Å². The summed E-state index contributed by atoms with van der Waals surface area (Å²) < 4.78 is 15.7. The average Bonchev–Trinajstić information content (AvgIpc) is 2.98. The van der Waals surface area contributed by atoms with Gasteiger partial charge in [0.15, 0.2) is 0 Å². The molecule has 4 nitrogen and oxygen atoms in total. The normalized spacial score (nSPS) is 12.9. The Bertz CT molecular complexity index is 888. The minimum atomic E-state index is -0.313. The van der Waals surface area contributed by atoms with Crippen LogP contribution in [0.2, 0.25) is 5.02 Å². The fraction of sp³-hybridized carbons (Fsp3) is 0.188. The molecule has 110 valence electrons. The molecule has 0 fully saturated rings.